The van der Waals surface area contributed by atoms with E-state index in [4.69, 9.17) is 4.74 Å². The first-order chi connectivity index (χ1) is 5.49. The lowest BCUT2D eigenvalue weighted by atomic mass is 10.4. The van der Waals surface area contributed by atoms with Crippen LogP contribution in [0.3, 0.4) is 0 Å². The van der Waals surface area contributed by atoms with Crippen molar-refractivity contribution < 1.29 is 4.74 Å². The summed E-state index contributed by atoms with van der Waals surface area (Å²) in [4.78, 5) is 0. The molecule has 0 aliphatic rings. The lowest BCUT2D eigenvalue weighted by Crippen LogP contribution is -2.17. The van der Waals surface area contributed by atoms with Gasteiger partial charge in [-0.25, -0.2) is 0 Å². The van der Waals surface area contributed by atoms with Crippen LogP contribution in [0.2, 0.25) is 19.6 Å². The Morgan fingerprint density at radius 2 is 1.92 bits per heavy atom. The van der Waals surface area contributed by atoms with Crippen LogP contribution in [0.4, 0.5) is 0 Å². The molecule has 0 aromatic carbocycles. The van der Waals surface area contributed by atoms with Crippen LogP contribution in [0.1, 0.15) is 0 Å². The molecule has 0 bridgehead atoms. The van der Waals surface area contributed by atoms with E-state index >= 15 is 0 Å². The second-order valence-electron chi connectivity index (χ2n) is 3.48. The Labute approximate surface area is 76.1 Å². The van der Waals surface area contributed by atoms with Gasteiger partial charge < -0.3 is 4.74 Å². The fourth-order valence-corrected chi connectivity index (χ4v) is 1.12. The van der Waals surface area contributed by atoms with Crippen molar-refractivity contribution in [1.82, 2.24) is 0 Å². The molecule has 0 aliphatic carbocycles. The molecule has 1 nitrogen and oxygen atoms in total. The van der Waals surface area contributed by atoms with E-state index in [-0.39, 0.29) is 6.10 Å². The third-order valence-electron chi connectivity index (χ3n) is 1.05. The van der Waals surface area contributed by atoms with Crippen LogP contribution < -0.4 is 0 Å². The maximum absolute atomic E-state index is 5.08. The first-order valence-corrected chi connectivity index (χ1v) is 7.41. The molecule has 0 amide bonds. The minimum absolute atomic E-state index is 0.200. The zero-order valence-electron chi connectivity index (χ0n) is 8.05. The van der Waals surface area contributed by atoms with E-state index in [1.54, 1.807) is 6.08 Å². The van der Waals surface area contributed by atoms with Crippen molar-refractivity contribution in [1.29, 1.82) is 0 Å². The molecule has 0 aliphatic heterocycles. The highest BCUT2D eigenvalue weighted by Crippen LogP contribution is 1.98. The molecule has 1 unspecified atom stereocenters. The van der Waals surface area contributed by atoms with E-state index < -0.39 is 8.07 Å². The van der Waals surface area contributed by atoms with Crippen LogP contribution in [0.25, 0.3) is 0 Å². The van der Waals surface area contributed by atoms with Gasteiger partial charge in [0.2, 0.25) is 0 Å². The van der Waals surface area contributed by atoms with Crippen molar-refractivity contribution in [2.45, 2.75) is 25.7 Å². The average molecular weight is 180 g/mol. The summed E-state index contributed by atoms with van der Waals surface area (Å²) in [5.74, 6) is 3.01. The summed E-state index contributed by atoms with van der Waals surface area (Å²) in [6.07, 6.45) is 2.87. The first-order valence-electron chi connectivity index (χ1n) is 3.91. The highest BCUT2D eigenvalue weighted by Gasteiger charge is 2.08. The standard InChI is InChI=1S/C10H16OSi/c1-6-10(11-7-2)8-9-12(3,4)5/h6-7,10H,1-2H2,3-5H3. The van der Waals surface area contributed by atoms with Gasteiger partial charge in [0.25, 0.3) is 0 Å². The lowest BCUT2D eigenvalue weighted by molar-refractivity contribution is 0.237. The highest BCUT2D eigenvalue weighted by atomic mass is 28.3. The van der Waals surface area contributed by atoms with Gasteiger partial charge in [-0.2, -0.15) is 0 Å². The van der Waals surface area contributed by atoms with Crippen molar-refractivity contribution in [3.8, 4) is 11.5 Å². The summed E-state index contributed by atoms with van der Waals surface area (Å²) in [5.41, 5.74) is 3.20. The van der Waals surface area contributed by atoms with Gasteiger partial charge >= 0.3 is 0 Å². The summed E-state index contributed by atoms with van der Waals surface area (Å²) >= 11 is 0. The molecule has 0 aromatic heterocycles. The summed E-state index contributed by atoms with van der Waals surface area (Å²) in [6, 6.07) is 0. The summed E-state index contributed by atoms with van der Waals surface area (Å²) in [7, 11) is -1.29. The topological polar surface area (TPSA) is 9.23 Å². The molecular formula is C10H16OSi. The molecule has 0 aromatic rings. The van der Waals surface area contributed by atoms with Gasteiger partial charge in [-0.3, -0.25) is 0 Å². The molecule has 0 fully saturated rings. The first kappa shape index (κ1) is 11.1. The van der Waals surface area contributed by atoms with Gasteiger partial charge in [0.05, 0.1) is 6.26 Å². The molecule has 12 heavy (non-hydrogen) atoms. The van der Waals surface area contributed by atoms with E-state index in [1.165, 1.54) is 6.26 Å². The van der Waals surface area contributed by atoms with E-state index in [9.17, 15) is 0 Å². The van der Waals surface area contributed by atoms with Crippen LogP contribution in [0, 0.1) is 11.5 Å². The zero-order chi connectivity index (χ0) is 9.61. The number of ether oxygens (including phenoxy) is 1. The fraction of sp³-hybridized carbons (Fsp3) is 0.400. The van der Waals surface area contributed by atoms with Gasteiger partial charge in [0, 0.05) is 0 Å². The normalized spacial score (nSPS) is 12.2. The quantitative estimate of drug-likeness (QED) is 0.281. The van der Waals surface area contributed by atoms with Crippen LogP contribution in [0.15, 0.2) is 25.5 Å². The Hall–Kier alpha value is -0.943. The van der Waals surface area contributed by atoms with Crippen molar-refractivity contribution >= 4 is 8.07 Å². The minimum atomic E-state index is -1.29. The summed E-state index contributed by atoms with van der Waals surface area (Å²) < 4.78 is 5.08. The average Bonchev–Trinajstić information content (AvgIpc) is 1.96. The monoisotopic (exact) mass is 180 g/mol. The molecule has 0 radical (unpaired) electrons. The molecule has 66 valence electrons. The third kappa shape index (κ3) is 5.81. The molecule has 0 saturated heterocycles. The third-order valence-corrected chi connectivity index (χ3v) is 1.94. The lowest BCUT2D eigenvalue weighted by Gasteiger charge is -2.07. The number of hydrogen-bond acceptors (Lipinski definition) is 1. The van der Waals surface area contributed by atoms with Crippen molar-refractivity contribution in [3.05, 3.63) is 25.5 Å². The molecule has 1 atom stereocenters. The molecule has 0 rings (SSSR count). The van der Waals surface area contributed by atoms with Crippen LogP contribution in [-0.2, 0) is 4.74 Å². The largest absolute Gasteiger partial charge is 0.482 e. The van der Waals surface area contributed by atoms with Crippen LogP contribution in [-0.4, -0.2) is 14.2 Å². The molecule has 0 heterocycles. The van der Waals surface area contributed by atoms with Gasteiger partial charge in [-0.1, -0.05) is 38.7 Å². The van der Waals surface area contributed by atoms with Gasteiger partial charge in [0.1, 0.15) is 8.07 Å². The second kappa shape index (κ2) is 4.84. The van der Waals surface area contributed by atoms with E-state index in [0.717, 1.165) is 0 Å². The van der Waals surface area contributed by atoms with Gasteiger partial charge in [-0.15, -0.1) is 5.54 Å². The minimum Gasteiger partial charge on any atom is -0.482 e. The van der Waals surface area contributed by atoms with Crippen molar-refractivity contribution in [2.24, 2.45) is 0 Å². The second-order valence-corrected chi connectivity index (χ2v) is 8.23. The Bertz CT molecular complexity index is 214. The van der Waals surface area contributed by atoms with Gasteiger partial charge in [-0.05, 0) is 6.08 Å². The number of hydrogen-bond donors (Lipinski definition) is 0. The zero-order valence-corrected chi connectivity index (χ0v) is 9.05. The Morgan fingerprint density at radius 3 is 2.25 bits per heavy atom. The van der Waals surface area contributed by atoms with Crippen molar-refractivity contribution in [3.63, 3.8) is 0 Å². The predicted molar refractivity (Wildman–Crippen MR) is 56.4 cm³/mol. The Morgan fingerprint density at radius 1 is 1.33 bits per heavy atom. The van der Waals surface area contributed by atoms with E-state index in [0.29, 0.717) is 0 Å². The highest BCUT2D eigenvalue weighted by molar-refractivity contribution is 6.83. The maximum Gasteiger partial charge on any atom is 0.175 e. The van der Waals surface area contributed by atoms with Crippen LogP contribution in [0.5, 0.6) is 0 Å². The fourth-order valence-electron chi connectivity index (χ4n) is 0.540. The van der Waals surface area contributed by atoms with Gasteiger partial charge in [0.15, 0.2) is 6.10 Å². The smallest absolute Gasteiger partial charge is 0.175 e. The molecule has 0 spiro atoms. The van der Waals surface area contributed by atoms with Crippen molar-refractivity contribution in [2.75, 3.05) is 0 Å². The summed E-state index contributed by atoms with van der Waals surface area (Å²) in [5, 5.41) is 0. The van der Waals surface area contributed by atoms with E-state index in [2.05, 4.69) is 44.3 Å². The number of rotatable bonds is 3. The maximum atomic E-state index is 5.08. The molecule has 0 N–H and O–H groups in total. The molecular weight excluding hydrogens is 164 g/mol. The molecule has 0 saturated carbocycles. The summed E-state index contributed by atoms with van der Waals surface area (Å²) in [6.45, 7) is 13.7. The Kier molecular flexibility index (Phi) is 4.46. The molecule has 2 heteroatoms. The van der Waals surface area contributed by atoms with Crippen LogP contribution >= 0.6 is 0 Å². The predicted octanol–water partition coefficient (Wildman–Crippen LogP) is 2.58. The van der Waals surface area contributed by atoms with E-state index in [1.807, 2.05) is 0 Å². The SMILES string of the molecule is C=COC(C#C[Si](C)(C)C)C=C. The Balaban J connectivity index is 4.23.